The van der Waals surface area contributed by atoms with Crippen LogP contribution in [-0.2, 0) is 11.3 Å². The molecule has 0 saturated carbocycles. The second-order valence-electron chi connectivity index (χ2n) is 7.04. The van der Waals surface area contributed by atoms with Crippen LogP contribution in [0.4, 0.5) is 4.39 Å². The summed E-state index contributed by atoms with van der Waals surface area (Å²) in [7, 11) is 0. The number of primary amides is 1. The molecule has 0 radical (unpaired) electrons. The van der Waals surface area contributed by atoms with Gasteiger partial charge in [-0.1, -0.05) is 6.07 Å². The molecule has 1 aliphatic heterocycles. The van der Waals surface area contributed by atoms with Crippen molar-refractivity contribution in [2.75, 3.05) is 26.3 Å². The molecule has 6 nitrogen and oxygen atoms in total. The van der Waals surface area contributed by atoms with Crippen molar-refractivity contribution in [2.45, 2.75) is 6.54 Å². The quantitative estimate of drug-likeness (QED) is 0.675. The van der Waals surface area contributed by atoms with Gasteiger partial charge < -0.3 is 15.2 Å². The Morgan fingerprint density at radius 1 is 1.10 bits per heavy atom. The van der Waals surface area contributed by atoms with E-state index in [4.69, 9.17) is 15.2 Å². The zero-order valence-electron chi connectivity index (χ0n) is 16.4. The van der Waals surface area contributed by atoms with Crippen molar-refractivity contribution in [1.82, 2.24) is 9.88 Å². The molecule has 1 saturated heterocycles. The van der Waals surface area contributed by atoms with Crippen molar-refractivity contribution in [1.29, 1.82) is 0 Å². The largest absolute Gasteiger partial charge is 0.457 e. The average molecular weight is 407 g/mol. The Bertz CT molecular complexity index is 1030. The summed E-state index contributed by atoms with van der Waals surface area (Å²) < 4.78 is 24.7. The second-order valence-corrected chi connectivity index (χ2v) is 7.04. The first-order valence-electron chi connectivity index (χ1n) is 9.72. The maximum Gasteiger partial charge on any atom is 0.267 e. The molecule has 1 aromatic heterocycles. The second kappa shape index (κ2) is 9.02. The van der Waals surface area contributed by atoms with Crippen LogP contribution in [0.3, 0.4) is 0 Å². The Kier molecular flexibility index (Phi) is 6.02. The van der Waals surface area contributed by atoms with Gasteiger partial charge in [-0.3, -0.25) is 9.69 Å². The van der Waals surface area contributed by atoms with E-state index in [1.54, 1.807) is 24.3 Å². The summed E-state index contributed by atoms with van der Waals surface area (Å²) in [6, 6.07) is 16.9. The van der Waals surface area contributed by atoms with Crippen LogP contribution >= 0.6 is 0 Å². The smallest absolute Gasteiger partial charge is 0.267 e. The van der Waals surface area contributed by atoms with E-state index < -0.39 is 5.91 Å². The number of aromatic nitrogens is 1. The lowest BCUT2D eigenvalue weighted by atomic mass is 10.1. The highest BCUT2D eigenvalue weighted by Crippen LogP contribution is 2.31. The number of rotatable bonds is 6. The minimum absolute atomic E-state index is 0.217. The molecule has 0 bridgehead atoms. The lowest BCUT2D eigenvalue weighted by molar-refractivity contribution is 0.0339. The van der Waals surface area contributed by atoms with Gasteiger partial charge in [0.2, 0.25) is 0 Å². The highest BCUT2D eigenvalue weighted by atomic mass is 19.1. The van der Waals surface area contributed by atoms with Gasteiger partial charge in [0.15, 0.2) is 0 Å². The minimum atomic E-state index is -0.568. The Hall–Kier alpha value is -3.29. The van der Waals surface area contributed by atoms with Gasteiger partial charge in [-0.05, 0) is 54.6 Å². The molecule has 1 aliphatic rings. The Labute approximate surface area is 174 Å². The van der Waals surface area contributed by atoms with Crippen molar-refractivity contribution < 1.29 is 18.7 Å². The van der Waals surface area contributed by atoms with Crippen LogP contribution in [0.15, 0.2) is 60.7 Å². The zero-order valence-corrected chi connectivity index (χ0v) is 16.4. The van der Waals surface area contributed by atoms with Crippen LogP contribution < -0.4 is 10.5 Å². The van der Waals surface area contributed by atoms with Crippen LogP contribution in [-0.4, -0.2) is 42.1 Å². The fourth-order valence-electron chi connectivity index (χ4n) is 3.32. The van der Waals surface area contributed by atoms with Gasteiger partial charge in [-0.25, -0.2) is 9.37 Å². The molecule has 0 aliphatic carbocycles. The first-order chi connectivity index (χ1) is 14.6. The number of halogens is 1. The SMILES string of the molecule is NC(=O)c1cccc(-c2ccc(Oc3ccc(F)cc3)c(CN3CCOCC3)c2)n1. The van der Waals surface area contributed by atoms with Crippen molar-refractivity contribution in [2.24, 2.45) is 5.73 Å². The van der Waals surface area contributed by atoms with Gasteiger partial charge in [0.05, 0.1) is 18.9 Å². The molecular formula is C23H22FN3O3. The third-order valence-electron chi connectivity index (χ3n) is 4.90. The Morgan fingerprint density at radius 2 is 1.87 bits per heavy atom. The van der Waals surface area contributed by atoms with E-state index >= 15 is 0 Å². The van der Waals surface area contributed by atoms with Crippen molar-refractivity contribution in [3.05, 3.63) is 77.7 Å². The first-order valence-corrected chi connectivity index (χ1v) is 9.72. The summed E-state index contributed by atoms with van der Waals surface area (Å²) in [6.07, 6.45) is 0. The summed E-state index contributed by atoms with van der Waals surface area (Å²) in [5.74, 6) is 0.359. The minimum Gasteiger partial charge on any atom is -0.457 e. The number of amides is 1. The number of hydrogen-bond acceptors (Lipinski definition) is 5. The lowest BCUT2D eigenvalue weighted by Gasteiger charge is -2.27. The number of nitrogens with zero attached hydrogens (tertiary/aromatic N) is 2. The molecule has 2 heterocycles. The monoisotopic (exact) mass is 407 g/mol. The lowest BCUT2D eigenvalue weighted by Crippen LogP contribution is -2.35. The van der Waals surface area contributed by atoms with E-state index in [0.29, 0.717) is 37.0 Å². The normalized spacial score (nSPS) is 14.4. The predicted molar refractivity (Wildman–Crippen MR) is 111 cm³/mol. The molecular weight excluding hydrogens is 385 g/mol. The number of carbonyl (C=O) groups is 1. The molecule has 30 heavy (non-hydrogen) atoms. The van der Waals surface area contributed by atoms with E-state index in [1.165, 1.54) is 12.1 Å². The van der Waals surface area contributed by atoms with E-state index in [-0.39, 0.29) is 11.5 Å². The number of carbonyl (C=O) groups excluding carboxylic acids is 1. The first kappa shape index (κ1) is 20.0. The number of ether oxygens (including phenoxy) is 2. The summed E-state index contributed by atoms with van der Waals surface area (Å²) in [4.78, 5) is 18.1. The molecule has 0 spiro atoms. The maximum absolute atomic E-state index is 13.2. The topological polar surface area (TPSA) is 77.7 Å². The standard InChI is InChI=1S/C23H22FN3O3/c24-18-5-7-19(8-6-18)30-22-9-4-16(20-2-1-3-21(26-20)23(25)28)14-17(22)15-27-10-12-29-13-11-27/h1-9,14H,10-13,15H2,(H2,25,28). The van der Waals surface area contributed by atoms with Crippen LogP contribution in [0.5, 0.6) is 11.5 Å². The van der Waals surface area contributed by atoms with Crippen molar-refractivity contribution in [3.8, 4) is 22.8 Å². The summed E-state index contributed by atoms with van der Waals surface area (Å²) in [5.41, 5.74) is 8.06. The number of morpholine rings is 1. The van der Waals surface area contributed by atoms with Gasteiger partial charge in [-0.15, -0.1) is 0 Å². The molecule has 1 amide bonds. The van der Waals surface area contributed by atoms with E-state index in [0.717, 1.165) is 24.2 Å². The summed E-state index contributed by atoms with van der Waals surface area (Å²) in [5, 5.41) is 0. The van der Waals surface area contributed by atoms with E-state index in [1.807, 2.05) is 24.3 Å². The average Bonchev–Trinajstić information content (AvgIpc) is 2.77. The molecule has 1 fully saturated rings. The highest BCUT2D eigenvalue weighted by Gasteiger charge is 2.16. The van der Waals surface area contributed by atoms with Crippen LogP contribution in [0, 0.1) is 5.82 Å². The van der Waals surface area contributed by atoms with Crippen molar-refractivity contribution >= 4 is 5.91 Å². The maximum atomic E-state index is 13.2. The zero-order chi connectivity index (χ0) is 20.9. The fraction of sp³-hybridized carbons (Fsp3) is 0.217. The fourth-order valence-corrected chi connectivity index (χ4v) is 3.32. The molecule has 7 heteroatoms. The Balaban J connectivity index is 1.67. The van der Waals surface area contributed by atoms with E-state index in [2.05, 4.69) is 9.88 Å². The van der Waals surface area contributed by atoms with Gasteiger partial charge >= 0.3 is 0 Å². The number of hydrogen-bond donors (Lipinski definition) is 1. The molecule has 154 valence electrons. The molecule has 0 atom stereocenters. The molecule has 2 aromatic carbocycles. The third kappa shape index (κ3) is 4.82. The van der Waals surface area contributed by atoms with Crippen LogP contribution in [0.25, 0.3) is 11.3 Å². The number of nitrogens with two attached hydrogens (primary N) is 1. The van der Waals surface area contributed by atoms with Gasteiger partial charge in [0.1, 0.15) is 23.0 Å². The number of benzene rings is 2. The number of pyridine rings is 1. The van der Waals surface area contributed by atoms with Crippen LogP contribution in [0.1, 0.15) is 16.1 Å². The van der Waals surface area contributed by atoms with Gasteiger partial charge in [-0.2, -0.15) is 0 Å². The molecule has 3 aromatic rings. The summed E-state index contributed by atoms with van der Waals surface area (Å²) >= 11 is 0. The molecule has 4 rings (SSSR count). The predicted octanol–water partition coefficient (Wildman–Crippen LogP) is 3.61. The Morgan fingerprint density at radius 3 is 2.60 bits per heavy atom. The molecule has 0 unspecified atom stereocenters. The third-order valence-corrected chi connectivity index (χ3v) is 4.90. The molecule has 2 N–H and O–H groups in total. The summed E-state index contributed by atoms with van der Waals surface area (Å²) in [6.45, 7) is 3.71. The van der Waals surface area contributed by atoms with Gasteiger partial charge in [0.25, 0.3) is 5.91 Å². The highest BCUT2D eigenvalue weighted by molar-refractivity contribution is 5.91. The van der Waals surface area contributed by atoms with E-state index in [9.17, 15) is 9.18 Å². The van der Waals surface area contributed by atoms with Crippen molar-refractivity contribution in [3.63, 3.8) is 0 Å². The van der Waals surface area contributed by atoms with Gasteiger partial charge in [0, 0.05) is 30.8 Å². The van der Waals surface area contributed by atoms with Crippen LogP contribution in [0.2, 0.25) is 0 Å².